The van der Waals surface area contributed by atoms with E-state index in [1.165, 1.54) is 6.33 Å². The largest absolute Gasteiger partial charge is 0.385 e. The number of aromatic nitrogens is 4. The minimum Gasteiger partial charge on any atom is -0.385 e. The summed E-state index contributed by atoms with van der Waals surface area (Å²) < 4.78 is 2.21. The van der Waals surface area contributed by atoms with Gasteiger partial charge >= 0.3 is 0 Å². The average molecular weight is 233 g/mol. The summed E-state index contributed by atoms with van der Waals surface area (Å²) in [5.41, 5.74) is 1.38. The SMILES string of the molecule is CN(c1cnc2cncnc2n1)[Si](C)(C)C. The minimum absolute atomic E-state index is 0.651. The third kappa shape index (κ3) is 2.01. The van der Waals surface area contributed by atoms with Crippen molar-refractivity contribution in [2.24, 2.45) is 0 Å². The zero-order valence-electron chi connectivity index (χ0n) is 9.97. The lowest BCUT2D eigenvalue weighted by Crippen LogP contribution is -2.43. The fourth-order valence-electron chi connectivity index (χ4n) is 1.26. The minimum atomic E-state index is -1.40. The van der Waals surface area contributed by atoms with Crippen molar-refractivity contribution in [3.8, 4) is 0 Å². The zero-order chi connectivity index (χ0) is 11.8. The molecule has 2 rings (SSSR count). The molecule has 16 heavy (non-hydrogen) atoms. The van der Waals surface area contributed by atoms with Crippen molar-refractivity contribution in [1.82, 2.24) is 19.9 Å². The molecule has 2 aromatic rings. The Hall–Kier alpha value is -1.56. The lowest BCUT2D eigenvalue weighted by molar-refractivity contribution is 1.10. The molecular weight excluding hydrogens is 218 g/mol. The monoisotopic (exact) mass is 233 g/mol. The van der Waals surface area contributed by atoms with E-state index >= 15 is 0 Å². The van der Waals surface area contributed by atoms with Crippen LogP contribution in [0.2, 0.25) is 19.6 Å². The normalized spacial score (nSPS) is 11.8. The van der Waals surface area contributed by atoms with Crippen LogP contribution in [-0.4, -0.2) is 35.2 Å². The molecule has 6 heteroatoms. The van der Waals surface area contributed by atoms with Crippen molar-refractivity contribution < 1.29 is 0 Å². The number of hydrogen-bond acceptors (Lipinski definition) is 5. The smallest absolute Gasteiger partial charge is 0.183 e. The van der Waals surface area contributed by atoms with Crippen LogP contribution in [0, 0.1) is 0 Å². The maximum absolute atomic E-state index is 4.49. The van der Waals surface area contributed by atoms with Gasteiger partial charge in [0.2, 0.25) is 0 Å². The summed E-state index contributed by atoms with van der Waals surface area (Å²) in [5.74, 6) is 0.880. The number of hydrogen-bond donors (Lipinski definition) is 0. The second-order valence-corrected chi connectivity index (χ2v) is 9.70. The second-order valence-electron chi connectivity index (χ2n) is 4.69. The number of rotatable bonds is 2. The predicted octanol–water partition coefficient (Wildman–Crippen LogP) is 1.69. The van der Waals surface area contributed by atoms with Crippen LogP contribution in [0.5, 0.6) is 0 Å². The molecule has 0 aliphatic rings. The van der Waals surface area contributed by atoms with E-state index in [0.29, 0.717) is 5.65 Å². The first kappa shape index (κ1) is 10.9. The molecule has 0 unspecified atom stereocenters. The molecule has 0 amide bonds. The first-order chi connectivity index (χ1) is 7.48. The highest BCUT2D eigenvalue weighted by atomic mass is 28.3. The molecule has 0 atom stereocenters. The highest BCUT2D eigenvalue weighted by Crippen LogP contribution is 2.17. The van der Waals surface area contributed by atoms with Gasteiger partial charge in [0.15, 0.2) is 5.65 Å². The van der Waals surface area contributed by atoms with Crippen molar-refractivity contribution in [1.29, 1.82) is 0 Å². The Morgan fingerprint density at radius 3 is 2.56 bits per heavy atom. The molecule has 0 fully saturated rings. The van der Waals surface area contributed by atoms with E-state index in [1.54, 1.807) is 12.4 Å². The van der Waals surface area contributed by atoms with Crippen molar-refractivity contribution in [2.45, 2.75) is 19.6 Å². The van der Waals surface area contributed by atoms with E-state index in [4.69, 9.17) is 0 Å². The summed E-state index contributed by atoms with van der Waals surface area (Å²) in [7, 11) is 0.657. The Balaban J connectivity index is 2.47. The van der Waals surface area contributed by atoms with E-state index in [2.05, 4.69) is 51.2 Å². The summed E-state index contributed by atoms with van der Waals surface area (Å²) in [5, 5.41) is 0. The van der Waals surface area contributed by atoms with Crippen LogP contribution in [0.15, 0.2) is 18.7 Å². The van der Waals surface area contributed by atoms with E-state index in [1.807, 2.05) is 0 Å². The third-order valence-electron chi connectivity index (χ3n) is 2.56. The first-order valence-corrected chi connectivity index (χ1v) is 8.60. The van der Waals surface area contributed by atoms with Crippen LogP contribution >= 0.6 is 0 Å². The number of fused-ring (bicyclic) bond motifs is 1. The molecule has 2 aromatic heterocycles. The van der Waals surface area contributed by atoms with Gasteiger partial charge in [0.05, 0.1) is 12.4 Å². The fraction of sp³-hybridized carbons (Fsp3) is 0.400. The lowest BCUT2D eigenvalue weighted by Gasteiger charge is -2.30. The molecule has 5 nitrogen and oxygen atoms in total. The van der Waals surface area contributed by atoms with Gasteiger partial charge in [0, 0.05) is 0 Å². The highest BCUT2D eigenvalue weighted by molar-refractivity contribution is 6.79. The van der Waals surface area contributed by atoms with Gasteiger partial charge in [-0.2, -0.15) is 0 Å². The molecule has 0 saturated carbocycles. The Kier molecular flexibility index (Phi) is 2.59. The maximum atomic E-state index is 4.49. The van der Waals surface area contributed by atoms with Gasteiger partial charge in [0.1, 0.15) is 25.9 Å². The Morgan fingerprint density at radius 2 is 1.88 bits per heavy atom. The van der Waals surface area contributed by atoms with E-state index in [0.717, 1.165) is 11.3 Å². The zero-order valence-corrected chi connectivity index (χ0v) is 11.0. The topological polar surface area (TPSA) is 54.8 Å². The molecule has 0 radical (unpaired) electrons. The molecule has 0 spiro atoms. The summed E-state index contributed by atoms with van der Waals surface area (Å²) in [4.78, 5) is 16.8. The summed E-state index contributed by atoms with van der Waals surface area (Å²) in [6.45, 7) is 6.79. The van der Waals surface area contributed by atoms with Crippen molar-refractivity contribution in [3.63, 3.8) is 0 Å². The quantitative estimate of drug-likeness (QED) is 0.739. The molecule has 0 aromatic carbocycles. The molecule has 0 N–H and O–H groups in total. The summed E-state index contributed by atoms with van der Waals surface area (Å²) in [6, 6.07) is 0. The molecule has 0 aliphatic heterocycles. The van der Waals surface area contributed by atoms with Crippen LogP contribution in [0.4, 0.5) is 5.82 Å². The molecule has 0 saturated heterocycles. The van der Waals surface area contributed by atoms with Crippen molar-refractivity contribution in [3.05, 3.63) is 18.7 Å². The molecular formula is C10H15N5Si. The van der Waals surface area contributed by atoms with Gasteiger partial charge in [-0.25, -0.2) is 19.9 Å². The Labute approximate surface area is 95.7 Å². The van der Waals surface area contributed by atoms with Crippen LogP contribution in [0.25, 0.3) is 11.2 Å². The van der Waals surface area contributed by atoms with Gasteiger partial charge in [0.25, 0.3) is 0 Å². The number of nitrogens with zero attached hydrogens (tertiary/aromatic N) is 5. The maximum Gasteiger partial charge on any atom is 0.183 e. The molecule has 84 valence electrons. The van der Waals surface area contributed by atoms with Gasteiger partial charge in [-0.15, -0.1) is 0 Å². The first-order valence-electron chi connectivity index (χ1n) is 5.15. The predicted molar refractivity (Wildman–Crippen MR) is 66.9 cm³/mol. The highest BCUT2D eigenvalue weighted by Gasteiger charge is 2.21. The second kappa shape index (κ2) is 3.78. The molecule has 2 heterocycles. The average Bonchev–Trinajstić information content (AvgIpc) is 2.26. The van der Waals surface area contributed by atoms with Crippen LogP contribution < -0.4 is 4.57 Å². The van der Waals surface area contributed by atoms with Crippen LogP contribution in [0.3, 0.4) is 0 Å². The van der Waals surface area contributed by atoms with E-state index < -0.39 is 8.24 Å². The Morgan fingerprint density at radius 1 is 1.12 bits per heavy atom. The standard InChI is InChI=1S/C10H15N5Si/c1-15(16(2,3)4)9-6-12-8-5-11-7-13-10(8)14-9/h5-7H,1-4H3. The van der Waals surface area contributed by atoms with E-state index in [9.17, 15) is 0 Å². The molecule has 0 bridgehead atoms. The van der Waals surface area contributed by atoms with Gasteiger partial charge in [-0.1, -0.05) is 19.6 Å². The van der Waals surface area contributed by atoms with Crippen LogP contribution in [0.1, 0.15) is 0 Å². The number of anilines is 1. The Bertz CT molecular complexity index is 508. The molecule has 0 aliphatic carbocycles. The van der Waals surface area contributed by atoms with Gasteiger partial charge in [-0.3, -0.25) is 0 Å². The van der Waals surface area contributed by atoms with E-state index in [-0.39, 0.29) is 0 Å². The van der Waals surface area contributed by atoms with Crippen molar-refractivity contribution in [2.75, 3.05) is 11.6 Å². The third-order valence-corrected chi connectivity index (χ3v) is 4.80. The van der Waals surface area contributed by atoms with Crippen LogP contribution in [-0.2, 0) is 0 Å². The summed E-state index contributed by atoms with van der Waals surface area (Å²) >= 11 is 0. The lowest BCUT2D eigenvalue weighted by atomic mass is 10.5. The van der Waals surface area contributed by atoms with Crippen molar-refractivity contribution >= 4 is 25.2 Å². The van der Waals surface area contributed by atoms with Gasteiger partial charge in [-0.05, 0) is 7.05 Å². The van der Waals surface area contributed by atoms with Gasteiger partial charge < -0.3 is 4.57 Å². The fourth-order valence-corrected chi connectivity index (χ4v) is 2.06. The summed E-state index contributed by atoms with van der Waals surface area (Å²) in [6.07, 6.45) is 4.95.